The number of benzene rings is 3. The number of fused-ring (bicyclic) bond motifs is 5. The van der Waals surface area contributed by atoms with Gasteiger partial charge in [0.2, 0.25) is 0 Å². The number of piperidine rings is 1. The molecule has 2 heterocycles. The summed E-state index contributed by atoms with van der Waals surface area (Å²) in [7, 11) is 0. The third-order valence-corrected chi connectivity index (χ3v) is 7.78. The van der Waals surface area contributed by atoms with Gasteiger partial charge in [-0.25, -0.2) is 13.6 Å². The average molecular weight is 503 g/mol. The van der Waals surface area contributed by atoms with Crippen LogP contribution in [0, 0.1) is 23.0 Å². The molecule has 2 bridgehead atoms. The summed E-state index contributed by atoms with van der Waals surface area (Å²) < 4.78 is 40.6. The molecule has 2 unspecified atom stereocenters. The number of hydrogen-bond acceptors (Lipinski definition) is 5. The summed E-state index contributed by atoms with van der Waals surface area (Å²) in [5.41, 5.74) is 2.11. The molecule has 3 aliphatic rings. The number of amides is 1. The number of rotatable bonds is 3. The van der Waals surface area contributed by atoms with Gasteiger partial charge in [-0.2, -0.15) is 5.26 Å². The Morgan fingerprint density at radius 1 is 1.03 bits per heavy atom. The molecular weight excluding hydrogens is 478 g/mol. The van der Waals surface area contributed by atoms with Crippen LogP contribution in [-0.4, -0.2) is 48.0 Å². The van der Waals surface area contributed by atoms with Gasteiger partial charge in [-0.15, -0.1) is 0 Å². The SMILES string of the molecule is N#Cc1cc(F)c(C2(O)CC3COCC(C2)N3C(=O)OCC2c3ccccc3-c3ccccc32)cc1F. The van der Waals surface area contributed by atoms with E-state index in [9.17, 15) is 18.7 Å². The smallest absolute Gasteiger partial charge is 0.410 e. The van der Waals surface area contributed by atoms with Crippen LogP contribution in [0.1, 0.15) is 41.0 Å². The standard InChI is InChI=1S/C29H24F2N2O4/c30-26-10-25(27(31)9-17(26)13-32)29(35)11-18-14-36-15-19(12-29)33(18)28(34)37-16-24-22-7-3-1-5-20(22)21-6-2-4-8-23(21)24/h1-10,18-19,24,35H,11-12,14-16H2. The molecule has 1 amide bonds. The fourth-order valence-electron chi connectivity index (χ4n) is 6.15. The quantitative estimate of drug-likeness (QED) is 0.555. The predicted octanol–water partition coefficient (Wildman–Crippen LogP) is 4.84. The molecule has 0 spiro atoms. The predicted molar refractivity (Wildman–Crippen MR) is 130 cm³/mol. The number of carbonyl (C=O) groups is 1. The number of nitriles is 1. The molecule has 2 atom stereocenters. The van der Waals surface area contributed by atoms with Crippen LogP contribution in [0.15, 0.2) is 60.7 Å². The normalized spacial score (nSPS) is 24.2. The van der Waals surface area contributed by atoms with Crippen molar-refractivity contribution in [3.05, 3.63) is 94.6 Å². The van der Waals surface area contributed by atoms with Crippen molar-refractivity contribution >= 4 is 6.09 Å². The summed E-state index contributed by atoms with van der Waals surface area (Å²) >= 11 is 0. The molecule has 37 heavy (non-hydrogen) atoms. The molecule has 8 heteroatoms. The monoisotopic (exact) mass is 502 g/mol. The minimum absolute atomic E-state index is 0.0457. The fraction of sp³-hybridized carbons (Fsp3) is 0.310. The van der Waals surface area contributed by atoms with Crippen LogP contribution in [0.2, 0.25) is 0 Å². The highest BCUT2D eigenvalue weighted by molar-refractivity contribution is 5.79. The molecule has 0 radical (unpaired) electrons. The molecule has 1 aliphatic carbocycles. The molecule has 6 rings (SSSR count). The van der Waals surface area contributed by atoms with Crippen molar-refractivity contribution in [2.24, 2.45) is 0 Å². The first-order chi connectivity index (χ1) is 17.9. The maximum atomic E-state index is 14.8. The van der Waals surface area contributed by atoms with E-state index in [0.29, 0.717) is 0 Å². The maximum absolute atomic E-state index is 14.8. The Labute approximate surface area is 212 Å². The van der Waals surface area contributed by atoms with Crippen LogP contribution in [0.25, 0.3) is 11.1 Å². The van der Waals surface area contributed by atoms with Crippen molar-refractivity contribution < 1.29 is 28.2 Å². The summed E-state index contributed by atoms with van der Waals surface area (Å²) in [5, 5.41) is 20.4. The van der Waals surface area contributed by atoms with Crippen molar-refractivity contribution in [3.8, 4) is 17.2 Å². The first-order valence-corrected chi connectivity index (χ1v) is 12.2. The number of carbonyl (C=O) groups excluding carboxylic acids is 1. The van der Waals surface area contributed by atoms with E-state index in [4.69, 9.17) is 14.7 Å². The van der Waals surface area contributed by atoms with Gasteiger partial charge in [-0.05, 0) is 34.4 Å². The molecular formula is C29H24F2N2O4. The Morgan fingerprint density at radius 3 is 2.22 bits per heavy atom. The molecule has 0 saturated carbocycles. The van der Waals surface area contributed by atoms with Crippen molar-refractivity contribution in [3.63, 3.8) is 0 Å². The summed E-state index contributed by atoms with van der Waals surface area (Å²) in [5.74, 6) is -1.84. The summed E-state index contributed by atoms with van der Waals surface area (Å²) in [4.78, 5) is 14.9. The fourth-order valence-corrected chi connectivity index (χ4v) is 6.15. The molecule has 2 fully saturated rings. The van der Waals surface area contributed by atoms with Gasteiger partial charge in [0, 0.05) is 24.3 Å². The average Bonchev–Trinajstić information content (AvgIpc) is 3.21. The number of hydrogen-bond donors (Lipinski definition) is 1. The van der Waals surface area contributed by atoms with Gasteiger partial charge >= 0.3 is 6.09 Å². The van der Waals surface area contributed by atoms with Crippen LogP contribution in [0.4, 0.5) is 13.6 Å². The van der Waals surface area contributed by atoms with E-state index in [1.807, 2.05) is 36.4 Å². The Morgan fingerprint density at radius 2 is 1.62 bits per heavy atom. The van der Waals surface area contributed by atoms with Gasteiger partial charge < -0.3 is 14.6 Å². The van der Waals surface area contributed by atoms with Gasteiger partial charge in [-0.1, -0.05) is 48.5 Å². The van der Waals surface area contributed by atoms with E-state index in [0.717, 1.165) is 34.4 Å². The second-order valence-electron chi connectivity index (χ2n) is 9.92. The lowest BCUT2D eigenvalue weighted by molar-refractivity contribution is -0.137. The Bertz CT molecular complexity index is 1380. The second kappa shape index (κ2) is 8.94. The summed E-state index contributed by atoms with van der Waals surface area (Å²) in [6.07, 6.45) is -0.611. The van der Waals surface area contributed by atoms with E-state index < -0.39 is 41.0 Å². The zero-order chi connectivity index (χ0) is 25.7. The van der Waals surface area contributed by atoms with Gasteiger partial charge in [0.05, 0.1) is 36.5 Å². The molecule has 6 nitrogen and oxygen atoms in total. The molecule has 3 aromatic carbocycles. The highest BCUT2D eigenvalue weighted by Crippen LogP contribution is 2.45. The third-order valence-electron chi connectivity index (χ3n) is 7.78. The first-order valence-electron chi connectivity index (χ1n) is 12.2. The van der Waals surface area contributed by atoms with E-state index in [-0.39, 0.29) is 44.1 Å². The van der Waals surface area contributed by atoms with Crippen molar-refractivity contribution in [2.75, 3.05) is 19.8 Å². The number of aliphatic hydroxyl groups is 1. The van der Waals surface area contributed by atoms with Gasteiger partial charge in [0.1, 0.15) is 24.3 Å². The van der Waals surface area contributed by atoms with Gasteiger partial charge in [0.25, 0.3) is 0 Å². The third kappa shape index (κ3) is 3.86. The lowest BCUT2D eigenvalue weighted by Gasteiger charge is -2.51. The topological polar surface area (TPSA) is 82.8 Å². The van der Waals surface area contributed by atoms with Crippen molar-refractivity contribution in [2.45, 2.75) is 36.4 Å². The number of halogens is 2. The molecule has 2 saturated heterocycles. The number of ether oxygens (including phenoxy) is 2. The lowest BCUT2D eigenvalue weighted by Crippen LogP contribution is -2.62. The first kappa shape index (κ1) is 23.6. The van der Waals surface area contributed by atoms with Gasteiger partial charge in [0.15, 0.2) is 0 Å². The largest absolute Gasteiger partial charge is 0.448 e. The van der Waals surface area contributed by atoms with Gasteiger partial charge in [-0.3, -0.25) is 4.90 Å². The van der Waals surface area contributed by atoms with E-state index in [1.165, 1.54) is 0 Å². The highest BCUT2D eigenvalue weighted by Gasteiger charge is 2.50. The highest BCUT2D eigenvalue weighted by atomic mass is 19.1. The van der Waals surface area contributed by atoms with Crippen molar-refractivity contribution in [1.29, 1.82) is 5.26 Å². The number of morpholine rings is 1. The maximum Gasteiger partial charge on any atom is 0.410 e. The van der Waals surface area contributed by atoms with Crippen LogP contribution < -0.4 is 0 Å². The summed E-state index contributed by atoms with van der Waals surface area (Å²) in [6.45, 7) is 0.441. The Kier molecular flexibility index (Phi) is 5.70. The Hall–Kier alpha value is -3.80. The van der Waals surface area contributed by atoms with E-state index >= 15 is 0 Å². The lowest BCUT2D eigenvalue weighted by atomic mass is 9.76. The zero-order valence-electron chi connectivity index (χ0n) is 19.9. The Balaban J connectivity index is 1.22. The number of nitrogens with zero attached hydrogens (tertiary/aromatic N) is 2. The van der Waals surface area contributed by atoms with Crippen molar-refractivity contribution in [1.82, 2.24) is 4.90 Å². The van der Waals surface area contributed by atoms with E-state index in [1.54, 1.807) is 11.0 Å². The van der Waals surface area contributed by atoms with Crippen LogP contribution >= 0.6 is 0 Å². The minimum Gasteiger partial charge on any atom is -0.448 e. The zero-order valence-corrected chi connectivity index (χ0v) is 19.9. The molecule has 3 aromatic rings. The summed E-state index contributed by atoms with van der Waals surface area (Å²) in [6, 6.07) is 18.3. The minimum atomic E-state index is -1.71. The second-order valence-corrected chi connectivity index (χ2v) is 9.92. The van der Waals surface area contributed by atoms with Crippen LogP contribution in [0.5, 0.6) is 0 Å². The van der Waals surface area contributed by atoms with Crippen LogP contribution in [-0.2, 0) is 15.1 Å². The molecule has 0 aromatic heterocycles. The molecule has 2 aliphatic heterocycles. The van der Waals surface area contributed by atoms with Crippen LogP contribution in [0.3, 0.4) is 0 Å². The molecule has 188 valence electrons. The molecule has 1 N–H and O–H groups in total. The van der Waals surface area contributed by atoms with E-state index in [2.05, 4.69) is 12.1 Å².